The largest absolute Gasteiger partial charge is 0.435 e. The Bertz CT molecular complexity index is 470. The summed E-state index contributed by atoms with van der Waals surface area (Å²) in [6.07, 6.45) is 2.71. The molecule has 0 spiro atoms. The van der Waals surface area contributed by atoms with Gasteiger partial charge in [0.1, 0.15) is 0 Å². The standard InChI is InChI=1S/C15H17NO3/c1-2-19-15(18)13-9-6-10-16(11-13)14(17)12-7-4-3-5-8-12/h2-5,7-8,13H,1,6,9-11H2. The van der Waals surface area contributed by atoms with Crippen LogP contribution in [0.5, 0.6) is 0 Å². The first-order chi connectivity index (χ1) is 9.22. The van der Waals surface area contributed by atoms with Gasteiger partial charge in [0.2, 0.25) is 0 Å². The molecule has 1 aliphatic rings. The van der Waals surface area contributed by atoms with Crippen molar-refractivity contribution in [2.45, 2.75) is 12.8 Å². The van der Waals surface area contributed by atoms with Gasteiger partial charge in [0, 0.05) is 18.7 Å². The number of piperidine rings is 1. The zero-order chi connectivity index (χ0) is 13.7. The lowest BCUT2D eigenvalue weighted by Gasteiger charge is -2.31. The van der Waals surface area contributed by atoms with Crippen molar-refractivity contribution in [3.63, 3.8) is 0 Å². The van der Waals surface area contributed by atoms with Crippen LogP contribution in [0.3, 0.4) is 0 Å². The number of ether oxygens (including phenoxy) is 1. The smallest absolute Gasteiger partial charge is 0.315 e. The van der Waals surface area contributed by atoms with Crippen LogP contribution in [0.25, 0.3) is 0 Å². The second kappa shape index (κ2) is 6.18. The van der Waals surface area contributed by atoms with Crippen LogP contribution in [0.15, 0.2) is 43.2 Å². The molecule has 1 fully saturated rings. The van der Waals surface area contributed by atoms with E-state index < -0.39 is 0 Å². The molecule has 1 amide bonds. The Morgan fingerprint density at radius 3 is 2.74 bits per heavy atom. The quantitative estimate of drug-likeness (QED) is 0.617. The van der Waals surface area contributed by atoms with E-state index in [4.69, 9.17) is 4.74 Å². The van der Waals surface area contributed by atoms with E-state index in [1.807, 2.05) is 18.2 Å². The van der Waals surface area contributed by atoms with Crippen LogP contribution >= 0.6 is 0 Å². The Balaban J connectivity index is 2.03. The van der Waals surface area contributed by atoms with E-state index in [2.05, 4.69) is 6.58 Å². The number of rotatable bonds is 3. The summed E-state index contributed by atoms with van der Waals surface area (Å²) in [6.45, 7) is 4.48. The Hall–Kier alpha value is -2.10. The number of carbonyl (C=O) groups excluding carboxylic acids is 2. The molecule has 0 radical (unpaired) electrons. The summed E-state index contributed by atoms with van der Waals surface area (Å²) in [4.78, 5) is 25.7. The minimum absolute atomic E-state index is 0.0308. The first-order valence-electron chi connectivity index (χ1n) is 6.38. The molecule has 1 aliphatic heterocycles. The summed E-state index contributed by atoms with van der Waals surface area (Å²) in [5, 5.41) is 0. The third kappa shape index (κ3) is 3.22. The van der Waals surface area contributed by atoms with Crippen molar-refractivity contribution in [2.24, 2.45) is 5.92 Å². The van der Waals surface area contributed by atoms with Crippen LogP contribution in [0.2, 0.25) is 0 Å². The molecule has 1 saturated heterocycles. The molecule has 2 rings (SSSR count). The van der Waals surface area contributed by atoms with Crippen LogP contribution in [-0.4, -0.2) is 29.9 Å². The van der Waals surface area contributed by atoms with Crippen molar-refractivity contribution in [2.75, 3.05) is 13.1 Å². The zero-order valence-electron chi connectivity index (χ0n) is 10.7. The lowest BCUT2D eigenvalue weighted by Crippen LogP contribution is -2.42. The number of carbonyl (C=O) groups is 2. The number of hydrogen-bond donors (Lipinski definition) is 0. The van der Waals surface area contributed by atoms with Gasteiger partial charge in [0.25, 0.3) is 5.91 Å². The third-order valence-corrected chi connectivity index (χ3v) is 3.26. The highest BCUT2D eigenvalue weighted by atomic mass is 16.5. The van der Waals surface area contributed by atoms with E-state index in [1.165, 1.54) is 0 Å². The molecule has 100 valence electrons. The Kier molecular flexibility index (Phi) is 4.34. The topological polar surface area (TPSA) is 46.6 Å². The van der Waals surface area contributed by atoms with E-state index in [0.29, 0.717) is 18.7 Å². The third-order valence-electron chi connectivity index (χ3n) is 3.26. The predicted octanol–water partition coefficient (Wildman–Crippen LogP) is 2.23. The maximum atomic E-state index is 12.3. The van der Waals surface area contributed by atoms with E-state index in [9.17, 15) is 9.59 Å². The summed E-state index contributed by atoms with van der Waals surface area (Å²) >= 11 is 0. The van der Waals surface area contributed by atoms with Gasteiger partial charge < -0.3 is 9.64 Å². The van der Waals surface area contributed by atoms with E-state index in [0.717, 1.165) is 19.1 Å². The molecule has 19 heavy (non-hydrogen) atoms. The monoisotopic (exact) mass is 259 g/mol. The summed E-state index contributed by atoms with van der Waals surface area (Å²) < 4.78 is 4.80. The highest BCUT2D eigenvalue weighted by molar-refractivity contribution is 5.94. The second-order valence-electron chi connectivity index (χ2n) is 4.56. The fourth-order valence-electron chi connectivity index (χ4n) is 2.30. The Morgan fingerprint density at radius 1 is 1.32 bits per heavy atom. The molecule has 1 atom stereocenters. The molecule has 4 nitrogen and oxygen atoms in total. The SMILES string of the molecule is C=COC(=O)C1CCCN(C(=O)c2ccccc2)C1. The van der Waals surface area contributed by atoms with Gasteiger partial charge in [-0.15, -0.1) is 0 Å². The maximum absolute atomic E-state index is 12.3. The molecular weight excluding hydrogens is 242 g/mol. The van der Waals surface area contributed by atoms with Gasteiger partial charge in [0.15, 0.2) is 0 Å². The minimum Gasteiger partial charge on any atom is -0.435 e. The molecule has 0 N–H and O–H groups in total. The summed E-state index contributed by atoms with van der Waals surface area (Å²) in [6, 6.07) is 9.11. The van der Waals surface area contributed by atoms with Crippen molar-refractivity contribution in [1.82, 2.24) is 4.90 Å². The van der Waals surface area contributed by atoms with Gasteiger partial charge in [-0.25, -0.2) is 0 Å². The van der Waals surface area contributed by atoms with Gasteiger partial charge >= 0.3 is 5.97 Å². The van der Waals surface area contributed by atoms with Gasteiger partial charge in [-0.1, -0.05) is 24.8 Å². The van der Waals surface area contributed by atoms with Crippen LogP contribution in [0, 0.1) is 5.92 Å². The minimum atomic E-state index is -0.305. The van der Waals surface area contributed by atoms with Crippen molar-refractivity contribution in [3.8, 4) is 0 Å². The van der Waals surface area contributed by atoms with Crippen LogP contribution < -0.4 is 0 Å². The molecule has 1 heterocycles. The molecule has 1 aromatic carbocycles. The summed E-state index contributed by atoms with van der Waals surface area (Å²) in [5.74, 6) is -0.586. The van der Waals surface area contributed by atoms with E-state index in [1.54, 1.807) is 17.0 Å². The van der Waals surface area contributed by atoms with Crippen molar-refractivity contribution in [3.05, 3.63) is 48.7 Å². The number of nitrogens with zero attached hydrogens (tertiary/aromatic N) is 1. The molecule has 0 aromatic heterocycles. The average Bonchev–Trinajstić information content (AvgIpc) is 2.48. The number of amides is 1. The fraction of sp³-hybridized carbons (Fsp3) is 0.333. The Morgan fingerprint density at radius 2 is 2.05 bits per heavy atom. The van der Waals surface area contributed by atoms with Crippen molar-refractivity contribution in [1.29, 1.82) is 0 Å². The van der Waals surface area contributed by atoms with Crippen molar-refractivity contribution < 1.29 is 14.3 Å². The Labute approximate surface area is 112 Å². The van der Waals surface area contributed by atoms with E-state index >= 15 is 0 Å². The van der Waals surface area contributed by atoms with Crippen LogP contribution in [0.1, 0.15) is 23.2 Å². The second-order valence-corrected chi connectivity index (χ2v) is 4.56. The van der Waals surface area contributed by atoms with Crippen LogP contribution in [0.4, 0.5) is 0 Å². The molecular formula is C15H17NO3. The fourth-order valence-corrected chi connectivity index (χ4v) is 2.30. The normalized spacial score (nSPS) is 18.7. The van der Waals surface area contributed by atoms with Gasteiger partial charge in [-0.3, -0.25) is 9.59 Å². The first-order valence-corrected chi connectivity index (χ1v) is 6.38. The summed E-state index contributed by atoms with van der Waals surface area (Å²) in [5.41, 5.74) is 0.653. The molecule has 1 aromatic rings. The lowest BCUT2D eigenvalue weighted by atomic mass is 9.97. The molecule has 0 bridgehead atoms. The number of benzene rings is 1. The van der Waals surface area contributed by atoms with E-state index in [-0.39, 0.29) is 17.8 Å². The van der Waals surface area contributed by atoms with Crippen LogP contribution in [-0.2, 0) is 9.53 Å². The highest BCUT2D eigenvalue weighted by Gasteiger charge is 2.29. The van der Waals surface area contributed by atoms with Gasteiger partial charge in [-0.05, 0) is 25.0 Å². The number of likely N-dealkylation sites (tertiary alicyclic amines) is 1. The first kappa shape index (κ1) is 13.3. The maximum Gasteiger partial charge on any atom is 0.315 e. The average molecular weight is 259 g/mol. The predicted molar refractivity (Wildman–Crippen MR) is 71.4 cm³/mol. The number of hydrogen-bond acceptors (Lipinski definition) is 3. The number of esters is 1. The van der Waals surface area contributed by atoms with Crippen molar-refractivity contribution >= 4 is 11.9 Å². The molecule has 0 aliphatic carbocycles. The zero-order valence-corrected chi connectivity index (χ0v) is 10.7. The molecule has 0 saturated carbocycles. The highest BCUT2D eigenvalue weighted by Crippen LogP contribution is 2.19. The molecule has 1 unspecified atom stereocenters. The van der Waals surface area contributed by atoms with Gasteiger partial charge in [-0.2, -0.15) is 0 Å². The summed E-state index contributed by atoms with van der Waals surface area (Å²) in [7, 11) is 0. The molecule has 4 heteroatoms. The lowest BCUT2D eigenvalue weighted by molar-refractivity contribution is -0.144. The van der Waals surface area contributed by atoms with Gasteiger partial charge in [0.05, 0.1) is 12.2 Å².